The van der Waals surface area contributed by atoms with Crippen LogP contribution in [-0.4, -0.2) is 47.8 Å². The van der Waals surface area contributed by atoms with E-state index >= 15 is 0 Å². The van der Waals surface area contributed by atoms with Gasteiger partial charge in [-0.3, -0.25) is 4.79 Å². The minimum absolute atomic E-state index is 0.0445. The van der Waals surface area contributed by atoms with E-state index in [0.29, 0.717) is 36.3 Å². The molecule has 0 unspecified atom stereocenters. The minimum atomic E-state index is -0.0676. The summed E-state index contributed by atoms with van der Waals surface area (Å²) in [6.07, 6.45) is 0. The molecule has 0 fully saturated rings. The Morgan fingerprint density at radius 3 is 2.38 bits per heavy atom. The number of aromatic nitrogens is 2. The van der Waals surface area contributed by atoms with Crippen molar-refractivity contribution in [2.75, 3.05) is 26.8 Å². The predicted molar refractivity (Wildman–Crippen MR) is 110 cm³/mol. The van der Waals surface area contributed by atoms with Crippen LogP contribution in [0.25, 0.3) is 22.8 Å². The minimum Gasteiger partial charge on any atom is -0.493 e. The normalized spacial score (nSPS) is 10.6. The van der Waals surface area contributed by atoms with Crippen molar-refractivity contribution in [3.05, 3.63) is 48.0 Å². The molecule has 0 radical (unpaired) electrons. The molecule has 3 aromatic rings. The van der Waals surface area contributed by atoms with Crippen LogP contribution in [0.2, 0.25) is 0 Å². The lowest BCUT2D eigenvalue weighted by molar-refractivity contribution is -0.132. The number of hydrogen-bond donors (Lipinski definition) is 0. The molecule has 0 spiro atoms. The van der Waals surface area contributed by atoms with Gasteiger partial charge >= 0.3 is 0 Å². The first kappa shape index (κ1) is 20.4. The van der Waals surface area contributed by atoms with Gasteiger partial charge in [-0.1, -0.05) is 22.9 Å². The van der Waals surface area contributed by atoms with Crippen molar-refractivity contribution in [3.8, 4) is 34.3 Å². The third-order valence-electron chi connectivity index (χ3n) is 4.61. The molecule has 0 atom stereocenters. The average Bonchev–Trinajstić information content (AvgIpc) is 3.23. The van der Waals surface area contributed by atoms with Crippen molar-refractivity contribution in [2.45, 2.75) is 20.8 Å². The molecule has 0 aliphatic carbocycles. The highest BCUT2D eigenvalue weighted by Gasteiger charge is 2.15. The molecule has 1 amide bonds. The molecule has 0 bridgehead atoms. The fourth-order valence-electron chi connectivity index (χ4n) is 2.89. The maximum atomic E-state index is 12.2. The van der Waals surface area contributed by atoms with Crippen molar-refractivity contribution in [1.29, 1.82) is 0 Å². The summed E-state index contributed by atoms with van der Waals surface area (Å²) in [5.74, 6) is 1.81. The summed E-state index contributed by atoms with van der Waals surface area (Å²) < 4.78 is 16.5. The molecule has 29 heavy (non-hydrogen) atoms. The second-order valence-electron chi connectivity index (χ2n) is 6.51. The zero-order chi connectivity index (χ0) is 20.8. The van der Waals surface area contributed by atoms with Crippen molar-refractivity contribution in [2.24, 2.45) is 0 Å². The third kappa shape index (κ3) is 4.74. The van der Waals surface area contributed by atoms with Crippen LogP contribution < -0.4 is 9.47 Å². The maximum Gasteiger partial charge on any atom is 0.260 e. The molecule has 152 valence electrons. The van der Waals surface area contributed by atoms with Crippen molar-refractivity contribution >= 4 is 5.91 Å². The van der Waals surface area contributed by atoms with Crippen LogP contribution in [-0.2, 0) is 4.79 Å². The Bertz CT molecular complexity index is 962. The van der Waals surface area contributed by atoms with E-state index in [2.05, 4.69) is 10.1 Å². The number of hydrogen-bond acceptors (Lipinski definition) is 6. The molecule has 2 aromatic carbocycles. The van der Waals surface area contributed by atoms with Gasteiger partial charge in [0.2, 0.25) is 5.82 Å². The smallest absolute Gasteiger partial charge is 0.260 e. The van der Waals surface area contributed by atoms with Gasteiger partial charge in [-0.2, -0.15) is 4.98 Å². The Kier molecular flexibility index (Phi) is 6.49. The van der Waals surface area contributed by atoms with Crippen LogP contribution in [0.15, 0.2) is 47.0 Å². The molecule has 7 heteroatoms. The van der Waals surface area contributed by atoms with Crippen LogP contribution in [0.3, 0.4) is 0 Å². The van der Waals surface area contributed by atoms with E-state index in [4.69, 9.17) is 14.0 Å². The number of amides is 1. The number of likely N-dealkylation sites (N-methyl/N-ethyl adjacent to an activating group) is 1. The van der Waals surface area contributed by atoms with Gasteiger partial charge in [0, 0.05) is 24.2 Å². The maximum absolute atomic E-state index is 12.2. The van der Waals surface area contributed by atoms with Crippen LogP contribution in [0.1, 0.15) is 19.4 Å². The standard InChI is InChI=1S/C22H25N3O4/c1-5-25(6-2)20(26)14-28-18-12-11-17(13-19(18)27-4)21-23-22(29-24-21)16-9-7-15(3)8-10-16/h7-13H,5-6,14H2,1-4H3. The first-order chi connectivity index (χ1) is 14.0. The van der Waals surface area contributed by atoms with Crippen LogP contribution in [0, 0.1) is 6.92 Å². The topological polar surface area (TPSA) is 77.7 Å². The fraction of sp³-hybridized carbons (Fsp3) is 0.318. The number of carbonyl (C=O) groups excluding carboxylic acids is 1. The largest absolute Gasteiger partial charge is 0.493 e. The average molecular weight is 395 g/mol. The van der Waals surface area contributed by atoms with Crippen LogP contribution >= 0.6 is 0 Å². The van der Waals surface area contributed by atoms with E-state index in [1.807, 2.05) is 51.1 Å². The first-order valence-corrected chi connectivity index (χ1v) is 9.55. The molecular formula is C22H25N3O4. The summed E-state index contributed by atoms with van der Waals surface area (Å²) in [7, 11) is 1.55. The highest BCUT2D eigenvalue weighted by Crippen LogP contribution is 2.32. The molecule has 0 saturated carbocycles. The third-order valence-corrected chi connectivity index (χ3v) is 4.61. The van der Waals surface area contributed by atoms with Crippen molar-refractivity contribution in [1.82, 2.24) is 15.0 Å². The van der Waals surface area contributed by atoms with E-state index < -0.39 is 0 Å². The van der Waals surface area contributed by atoms with Gasteiger partial charge in [0.15, 0.2) is 18.1 Å². The first-order valence-electron chi connectivity index (χ1n) is 9.55. The van der Waals surface area contributed by atoms with Crippen LogP contribution in [0.5, 0.6) is 11.5 Å². The Hall–Kier alpha value is -3.35. The van der Waals surface area contributed by atoms with E-state index in [0.717, 1.165) is 16.7 Å². The van der Waals surface area contributed by atoms with E-state index in [-0.39, 0.29) is 12.5 Å². The molecular weight excluding hydrogens is 370 g/mol. The van der Waals surface area contributed by atoms with Crippen molar-refractivity contribution in [3.63, 3.8) is 0 Å². The number of nitrogens with zero attached hydrogens (tertiary/aromatic N) is 3. The number of methoxy groups -OCH3 is 1. The Labute approximate surface area is 170 Å². The van der Waals surface area contributed by atoms with Gasteiger partial charge < -0.3 is 18.9 Å². The summed E-state index contributed by atoms with van der Waals surface area (Å²) >= 11 is 0. The lowest BCUT2D eigenvalue weighted by atomic mass is 10.1. The molecule has 0 N–H and O–H groups in total. The Morgan fingerprint density at radius 1 is 1.03 bits per heavy atom. The number of aryl methyl sites for hydroxylation is 1. The SMILES string of the molecule is CCN(CC)C(=O)COc1ccc(-c2noc(-c3ccc(C)cc3)n2)cc1OC. The van der Waals surface area contributed by atoms with Gasteiger partial charge in [0.1, 0.15) is 0 Å². The lowest BCUT2D eigenvalue weighted by Crippen LogP contribution is -2.34. The van der Waals surface area contributed by atoms with Crippen molar-refractivity contribution < 1.29 is 18.8 Å². The fourth-order valence-corrected chi connectivity index (χ4v) is 2.89. The highest BCUT2D eigenvalue weighted by molar-refractivity contribution is 5.77. The summed E-state index contributed by atoms with van der Waals surface area (Å²) in [5.41, 5.74) is 2.75. The van der Waals surface area contributed by atoms with Crippen LogP contribution in [0.4, 0.5) is 0 Å². The van der Waals surface area contributed by atoms with Gasteiger partial charge in [-0.25, -0.2) is 0 Å². The summed E-state index contributed by atoms with van der Waals surface area (Å²) in [6.45, 7) is 7.15. The zero-order valence-corrected chi connectivity index (χ0v) is 17.1. The zero-order valence-electron chi connectivity index (χ0n) is 17.1. The molecule has 1 aromatic heterocycles. The molecule has 7 nitrogen and oxygen atoms in total. The summed E-state index contributed by atoms with van der Waals surface area (Å²) in [5, 5.41) is 4.07. The molecule has 0 saturated heterocycles. The number of ether oxygens (including phenoxy) is 2. The molecule has 0 aliphatic rings. The van der Waals surface area contributed by atoms with Gasteiger partial charge in [0.25, 0.3) is 11.8 Å². The number of carbonyl (C=O) groups is 1. The summed E-state index contributed by atoms with van der Waals surface area (Å²) in [4.78, 5) is 18.3. The lowest BCUT2D eigenvalue weighted by Gasteiger charge is -2.19. The highest BCUT2D eigenvalue weighted by atomic mass is 16.5. The second kappa shape index (κ2) is 9.23. The quantitative estimate of drug-likeness (QED) is 0.574. The van der Waals surface area contributed by atoms with Gasteiger partial charge in [-0.05, 0) is 51.1 Å². The Balaban J connectivity index is 1.77. The second-order valence-corrected chi connectivity index (χ2v) is 6.51. The molecule has 0 aliphatic heterocycles. The summed E-state index contributed by atoms with van der Waals surface area (Å²) in [6, 6.07) is 13.2. The molecule has 1 heterocycles. The monoisotopic (exact) mass is 395 g/mol. The molecule has 3 rings (SSSR count). The van der Waals surface area contributed by atoms with Gasteiger partial charge in [0.05, 0.1) is 7.11 Å². The van der Waals surface area contributed by atoms with Gasteiger partial charge in [-0.15, -0.1) is 0 Å². The number of benzene rings is 2. The Morgan fingerprint density at radius 2 is 1.72 bits per heavy atom. The van der Waals surface area contributed by atoms with E-state index in [9.17, 15) is 4.79 Å². The number of rotatable bonds is 8. The van der Waals surface area contributed by atoms with E-state index in [1.54, 1.807) is 24.1 Å². The predicted octanol–water partition coefficient (Wildman–Crippen LogP) is 3.97. The van der Waals surface area contributed by atoms with E-state index in [1.165, 1.54) is 0 Å².